The van der Waals surface area contributed by atoms with Crippen LogP contribution in [0.25, 0.3) is 11.4 Å². The second-order valence-corrected chi connectivity index (χ2v) is 6.35. The summed E-state index contributed by atoms with van der Waals surface area (Å²) in [6.45, 7) is 1.39. The number of halogens is 2. The van der Waals surface area contributed by atoms with Crippen LogP contribution in [0, 0.1) is 5.82 Å². The molecule has 3 aromatic rings. The molecule has 3 rings (SSSR count). The molecule has 2 amide bonds. The maximum absolute atomic E-state index is 13.0. The topological polar surface area (TPSA) is 97.1 Å². The van der Waals surface area contributed by atoms with Gasteiger partial charge in [-0.25, -0.2) is 4.39 Å². The molecule has 0 fully saturated rings. The molecule has 0 atom stereocenters. The normalized spacial score (nSPS) is 10.5. The number of rotatable bonds is 6. The first kappa shape index (κ1) is 19.5. The molecule has 0 unspecified atom stereocenters. The first-order valence-electron chi connectivity index (χ1n) is 8.36. The Balaban J connectivity index is 1.59. The SMILES string of the molecule is CC(=O)Nc1ccc(Cl)c(NC(=O)CCc2nc(-c3ccc(F)cc3)no2)c1. The van der Waals surface area contributed by atoms with Gasteiger partial charge in [0.1, 0.15) is 5.82 Å². The minimum absolute atomic E-state index is 0.0890. The third kappa shape index (κ3) is 5.14. The van der Waals surface area contributed by atoms with E-state index in [9.17, 15) is 14.0 Å². The molecule has 0 bridgehead atoms. The van der Waals surface area contributed by atoms with Crippen LogP contribution in [0.2, 0.25) is 5.02 Å². The highest BCUT2D eigenvalue weighted by Gasteiger charge is 2.12. The lowest BCUT2D eigenvalue weighted by molar-refractivity contribution is -0.116. The summed E-state index contributed by atoms with van der Waals surface area (Å²) in [4.78, 5) is 27.5. The fourth-order valence-electron chi connectivity index (χ4n) is 2.41. The average molecular weight is 403 g/mol. The summed E-state index contributed by atoms with van der Waals surface area (Å²) >= 11 is 6.08. The van der Waals surface area contributed by atoms with Crippen molar-refractivity contribution in [2.45, 2.75) is 19.8 Å². The van der Waals surface area contributed by atoms with Gasteiger partial charge in [-0.2, -0.15) is 4.98 Å². The molecule has 1 aromatic heterocycles. The van der Waals surface area contributed by atoms with Gasteiger partial charge in [0, 0.05) is 31.0 Å². The lowest BCUT2D eigenvalue weighted by Crippen LogP contribution is -2.13. The number of hydrogen-bond donors (Lipinski definition) is 2. The molecule has 0 saturated carbocycles. The second kappa shape index (κ2) is 8.62. The monoisotopic (exact) mass is 402 g/mol. The Hall–Kier alpha value is -3.26. The zero-order chi connectivity index (χ0) is 20.1. The van der Waals surface area contributed by atoms with Crippen LogP contribution in [0.5, 0.6) is 0 Å². The van der Waals surface area contributed by atoms with Gasteiger partial charge in [-0.15, -0.1) is 0 Å². The highest BCUT2D eigenvalue weighted by molar-refractivity contribution is 6.33. The molecule has 0 radical (unpaired) electrons. The Kier molecular flexibility index (Phi) is 6.00. The zero-order valence-corrected chi connectivity index (χ0v) is 15.6. The third-order valence-electron chi connectivity index (χ3n) is 3.70. The van der Waals surface area contributed by atoms with Crippen molar-refractivity contribution in [1.82, 2.24) is 10.1 Å². The van der Waals surface area contributed by atoms with Gasteiger partial charge in [0.2, 0.25) is 23.5 Å². The fourth-order valence-corrected chi connectivity index (χ4v) is 2.57. The molecule has 0 aliphatic heterocycles. The van der Waals surface area contributed by atoms with Crippen molar-refractivity contribution in [2.75, 3.05) is 10.6 Å². The molecule has 2 N–H and O–H groups in total. The molecule has 28 heavy (non-hydrogen) atoms. The van der Waals surface area contributed by atoms with Gasteiger partial charge in [0.15, 0.2) is 0 Å². The second-order valence-electron chi connectivity index (χ2n) is 5.94. The van der Waals surface area contributed by atoms with Crippen molar-refractivity contribution < 1.29 is 18.5 Å². The van der Waals surface area contributed by atoms with Crippen LogP contribution in [-0.2, 0) is 16.0 Å². The van der Waals surface area contributed by atoms with Gasteiger partial charge >= 0.3 is 0 Å². The summed E-state index contributed by atoms with van der Waals surface area (Å²) in [5.74, 6) is -0.282. The van der Waals surface area contributed by atoms with E-state index >= 15 is 0 Å². The van der Waals surface area contributed by atoms with Crippen LogP contribution in [0.4, 0.5) is 15.8 Å². The maximum atomic E-state index is 13.0. The summed E-state index contributed by atoms with van der Waals surface area (Å²) in [6, 6.07) is 10.5. The Morgan fingerprint density at radius 3 is 2.61 bits per heavy atom. The molecule has 9 heteroatoms. The van der Waals surface area contributed by atoms with Gasteiger partial charge in [-0.05, 0) is 42.5 Å². The van der Waals surface area contributed by atoms with E-state index in [0.717, 1.165) is 0 Å². The number of nitrogens with zero attached hydrogens (tertiary/aromatic N) is 2. The van der Waals surface area contributed by atoms with E-state index in [2.05, 4.69) is 20.8 Å². The first-order chi connectivity index (χ1) is 13.4. The van der Waals surface area contributed by atoms with Gasteiger partial charge in [0.25, 0.3) is 0 Å². The summed E-state index contributed by atoms with van der Waals surface area (Å²) in [5.41, 5.74) is 1.52. The lowest BCUT2D eigenvalue weighted by Gasteiger charge is -2.09. The van der Waals surface area contributed by atoms with E-state index in [1.54, 1.807) is 30.3 Å². The van der Waals surface area contributed by atoms with E-state index in [1.807, 2.05) is 0 Å². The molecule has 0 aliphatic carbocycles. The number of aromatic nitrogens is 2. The summed E-state index contributed by atoms with van der Waals surface area (Å²) in [5, 5.41) is 9.48. The third-order valence-corrected chi connectivity index (χ3v) is 4.03. The molecule has 7 nitrogen and oxygen atoms in total. The van der Waals surface area contributed by atoms with Crippen LogP contribution in [0.15, 0.2) is 47.0 Å². The number of aryl methyl sites for hydroxylation is 1. The molecule has 144 valence electrons. The standard InChI is InChI=1S/C19H16ClFN4O3/c1-11(26)22-14-6-7-15(20)16(10-14)23-17(27)8-9-18-24-19(25-28-18)12-2-4-13(21)5-3-12/h2-7,10H,8-9H2,1H3,(H,22,26)(H,23,27). The predicted molar refractivity (Wildman–Crippen MR) is 102 cm³/mol. The first-order valence-corrected chi connectivity index (χ1v) is 8.74. The number of anilines is 2. The molecular weight excluding hydrogens is 387 g/mol. The Morgan fingerprint density at radius 1 is 1.14 bits per heavy atom. The van der Waals surface area contributed by atoms with Crippen LogP contribution in [0.3, 0.4) is 0 Å². The van der Waals surface area contributed by atoms with Crippen molar-refractivity contribution >= 4 is 34.8 Å². The van der Waals surface area contributed by atoms with Crippen LogP contribution in [-0.4, -0.2) is 22.0 Å². The largest absolute Gasteiger partial charge is 0.339 e. The van der Waals surface area contributed by atoms with Crippen LogP contribution >= 0.6 is 11.6 Å². The number of amides is 2. The smallest absolute Gasteiger partial charge is 0.227 e. The number of carbonyl (C=O) groups excluding carboxylic acids is 2. The summed E-state index contributed by atoms with van der Waals surface area (Å²) in [6.07, 6.45) is 0.314. The highest BCUT2D eigenvalue weighted by atomic mass is 35.5. The molecule has 1 heterocycles. The minimum atomic E-state index is -0.356. The van der Waals surface area contributed by atoms with Crippen molar-refractivity contribution in [3.05, 3.63) is 59.2 Å². The van der Waals surface area contributed by atoms with E-state index < -0.39 is 0 Å². The fraction of sp³-hybridized carbons (Fsp3) is 0.158. The average Bonchev–Trinajstić information content (AvgIpc) is 3.12. The Bertz CT molecular complexity index is 1000. The Morgan fingerprint density at radius 2 is 1.89 bits per heavy atom. The molecule has 2 aromatic carbocycles. The van der Waals surface area contributed by atoms with E-state index in [4.69, 9.17) is 16.1 Å². The van der Waals surface area contributed by atoms with Gasteiger partial charge in [-0.1, -0.05) is 16.8 Å². The quantitative estimate of drug-likeness (QED) is 0.648. The maximum Gasteiger partial charge on any atom is 0.227 e. The van der Waals surface area contributed by atoms with Crippen LogP contribution in [0.1, 0.15) is 19.2 Å². The van der Waals surface area contributed by atoms with E-state index in [0.29, 0.717) is 27.8 Å². The number of hydrogen-bond acceptors (Lipinski definition) is 5. The van der Waals surface area contributed by atoms with Gasteiger partial charge in [-0.3, -0.25) is 9.59 Å². The number of nitrogens with one attached hydrogen (secondary N) is 2. The molecule has 0 spiro atoms. The summed E-state index contributed by atoms with van der Waals surface area (Å²) < 4.78 is 18.1. The zero-order valence-electron chi connectivity index (χ0n) is 14.8. The highest BCUT2D eigenvalue weighted by Crippen LogP contribution is 2.26. The lowest BCUT2D eigenvalue weighted by atomic mass is 10.2. The Labute approximate surface area is 164 Å². The number of benzene rings is 2. The van der Waals surface area contributed by atoms with Crippen molar-refractivity contribution in [2.24, 2.45) is 0 Å². The van der Waals surface area contributed by atoms with E-state index in [-0.39, 0.29) is 36.4 Å². The minimum Gasteiger partial charge on any atom is -0.339 e. The molecular formula is C19H16ClFN4O3. The van der Waals surface area contributed by atoms with Gasteiger partial charge < -0.3 is 15.2 Å². The van der Waals surface area contributed by atoms with Crippen molar-refractivity contribution in [3.8, 4) is 11.4 Å². The van der Waals surface area contributed by atoms with Gasteiger partial charge in [0.05, 0.1) is 10.7 Å². The van der Waals surface area contributed by atoms with Crippen molar-refractivity contribution in [3.63, 3.8) is 0 Å². The predicted octanol–water partition coefficient (Wildman–Crippen LogP) is 4.06. The van der Waals surface area contributed by atoms with Crippen LogP contribution < -0.4 is 10.6 Å². The summed E-state index contributed by atoms with van der Waals surface area (Å²) in [7, 11) is 0. The number of carbonyl (C=O) groups is 2. The molecule has 0 aliphatic rings. The molecule has 0 saturated heterocycles. The van der Waals surface area contributed by atoms with Crippen molar-refractivity contribution in [1.29, 1.82) is 0 Å². The van der Waals surface area contributed by atoms with E-state index in [1.165, 1.54) is 19.1 Å².